The van der Waals surface area contributed by atoms with Crippen molar-refractivity contribution in [1.29, 1.82) is 0 Å². The van der Waals surface area contributed by atoms with Gasteiger partial charge in [-0.05, 0) is 35.6 Å². The number of hydrogen-bond donors (Lipinski definition) is 0. The maximum absolute atomic E-state index is 6.82. The number of ether oxygens (including phenoxy) is 1. The fourth-order valence-electron chi connectivity index (χ4n) is 4.35. The Bertz CT molecular complexity index is 683. The van der Waals surface area contributed by atoms with Crippen LogP contribution >= 0.6 is 0 Å². The van der Waals surface area contributed by atoms with Gasteiger partial charge in [0, 0.05) is 26.9 Å². The summed E-state index contributed by atoms with van der Waals surface area (Å²) < 4.78 is 18.9. The molecule has 190 valence electrons. The van der Waals surface area contributed by atoms with Crippen molar-refractivity contribution in [3.05, 3.63) is 60.7 Å². The van der Waals surface area contributed by atoms with Crippen LogP contribution in [-0.4, -0.2) is 35.5 Å². The first-order valence-corrected chi connectivity index (χ1v) is 15.4. The molecule has 0 aliphatic rings. The molecule has 2 aromatic carbocycles. The molecule has 0 heterocycles. The van der Waals surface area contributed by atoms with Crippen molar-refractivity contribution in [2.45, 2.75) is 84.5 Å². The molecular weight excluding hydrogens is 436 g/mol. The van der Waals surface area contributed by atoms with E-state index in [1.807, 2.05) is 0 Å². The summed E-state index contributed by atoms with van der Waals surface area (Å²) in [6, 6.07) is 21.3. The largest absolute Gasteiger partial charge is 0.407 e. The molecule has 2 aromatic rings. The van der Waals surface area contributed by atoms with Crippen LogP contribution in [0.5, 0.6) is 0 Å². The van der Waals surface area contributed by atoms with Gasteiger partial charge in [-0.15, -0.1) is 0 Å². The molecule has 0 spiro atoms. The van der Waals surface area contributed by atoms with Crippen molar-refractivity contribution < 1.29 is 13.6 Å². The molecule has 2 rings (SSSR count). The molecule has 34 heavy (non-hydrogen) atoms. The van der Waals surface area contributed by atoms with Gasteiger partial charge in [0.2, 0.25) is 0 Å². The summed E-state index contributed by atoms with van der Waals surface area (Å²) in [6.45, 7) is 6.82. The van der Waals surface area contributed by atoms with Gasteiger partial charge in [-0.25, -0.2) is 0 Å². The molecule has 3 nitrogen and oxygen atoms in total. The molecule has 0 N–H and O–H groups in total. The van der Waals surface area contributed by atoms with Crippen LogP contribution in [-0.2, 0) is 13.6 Å². The van der Waals surface area contributed by atoms with E-state index < -0.39 is 8.56 Å². The second-order valence-electron chi connectivity index (χ2n) is 9.55. The monoisotopic (exact) mass is 484 g/mol. The van der Waals surface area contributed by atoms with Gasteiger partial charge in [0.25, 0.3) is 0 Å². The Morgan fingerprint density at radius 2 is 1.09 bits per heavy atom. The molecule has 0 aromatic heterocycles. The zero-order chi connectivity index (χ0) is 24.3. The lowest BCUT2D eigenvalue weighted by molar-refractivity contribution is 0.157. The summed E-state index contributed by atoms with van der Waals surface area (Å²) in [5, 5.41) is 2.39. The van der Waals surface area contributed by atoms with Crippen LogP contribution in [0.2, 0.25) is 0 Å². The third-order valence-corrected chi connectivity index (χ3v) is 10.00. The molecule has 0 aliphatic heterocycles. The van der Waals surface area contributed by atoms with E-state index in [9.17, 15) is 0 Å². The van der Waals surface area contributed by atoms with Crippen LogP contribution < -0.4 is 10.4 Å². The van der Waals surface area contributed by atoms with Crippen LogP contribution in [0.1, 0.15) is 84.5 Å². The fourth-order valence-corrected chi connectivity index (χ4v) is 7.54. The Balaban J connectivity index is 2.00. The maximum atomic E-state index is 6.82. The number of rotatable bonds is 20. The van der Waals surface area contributed by atoms with Crippen molar-refractivity contribution >= 4 is 18.9 Å². The first-order chi connectivity index (χ1) is 16.7. The van der Waals surface area contributed by atoms with Crippen molar-refractivity contribution in [3.63, 3.8) is 0 Å². The molecule has 0 aliphatic carbocycles. The van der Waals surface area contributed by atoms with Gasteiger partial charge >= 0.3 is 8.56 Å². The molecule has 0 saturated heterocycles. The SMILES string of the molecule is CCCCCCCCCCCO[Si](OCCC(C)CCOC)(c1ccccc1)c1ccccc1. The standard InChI is InChI=1S/C30H48O3Si/c1-4-5-6-7-8-9-10-11-18-25-32-34(29-19-14-12-15-20-29,30-21-16-13-17-22-30)33-27-24-28(2)23-26-31-3/h12-17,19-22,28H,4-11,18,23-27H2,1-3H3. The Labute approximate surface area is 210 Å². The summed E-state index contributed by atoms with van der Waals surface area (Å²) in [7, 11) is -0.997. The fraction of sp³-hybridized carbons (Fsp3) is 0.600. The van der Waals surface area contributed by atoms with E-state index in [2.05, 4.69) is 74.5 Å². The molecule has 0 radical (unpaired) electrons. The van der Waals surface area contributed by atoms with E-state index in [0.29, 0.717) is 12.5 Å². The van der Waals surface area contributed by atoms with E-state index in [0.717, 1.165) is 32.5 Å². The third kappa shape index (κ3) is 10.4. The second kappa shape index (κ2) is 17.9. The van der Waals surface area contributed by atoms with E-state index >= 15 is 0 Å². The molecule has 0 amide bonds. The van der Waals surface area contributed by atoms with Crippen LogP contribution in [0.3, 0.4) is 0 Å². The number of methoxy groups -OCH3 is 1. The maximum Gasteiger partial charge on any atom is 0.407 e. The van der Waals surface area contributed by atoms with E-state index in [1.54, 1.807) is 7.11 Å². The molecule has 1 atom stereocenters. The predicted molar refractivity (Wildman–Crippen MR) is 147 cm³/mol. The molecule has 4 heteroatoms. The molecule has 1 unspecified atom stereocenters. The highest BCUT2D eigenvalue weighted by Gasteiger charge is 2.42. The lowest BCUT2D eigenvalue weighted by Crippen LogP contribution is -2.63. The van der Waals surface area contributed by atoms with Crippen molar-refractivity contribution in [3.8, 4) is 0 Å². The second-order valence-corrected chi connectivity index (χ2v) is 12.5. The Morgan fingerprint density at radius 1 is 0.618 bits per heavy atom. The minimum atomic E-state index is -2.77. The molecular formula is C30H48O3Si. The first kappa shape index (κ1) is 28.8. The number of benzene rings is 2. The lowest BCUT2D eigenvalue weighted by atomic mass is 10.1. The predicted octanol–water partition coefficient (Wildman–Crippen LogP) is 6.87. The quantitative estimate of drug-likeness (QED) is 0.152. The number of unbranched alkanes of at least 4 members (excludes halogenated alkanes) is 8. The van der Waals surface area contributed by atoms with Crippen molar-refractivity contribution in [2.75, 3.05) is 26.9 Å². The smallest absolute Gasteiger partial charge is 0.388 e. The molecule has 0 fully saturated rings. The highest BCUT2D eigenvalue weighted by molar-refractivity contribution is 6.92. The Morgan fingerprint density at radius 3 is 1.62 bits per heavy atom. The zero-order valence-corrected chi connectivity index (χ0v) is 23.0. The summed E-state index contributed by atoms with van der Waals surface area (Å²) >= 11 is 0. The minimum Gasteiger partial charge on any atom is -0.388 e. The van der Waals surface area contributed by atoms with Crippen LogP contribution in [0.15, 0.2) is 60.7 Å². The Hall–Kier alpha value is -1.46. The van der Waals surface area contributed by atoms with Gasteiger partial charge < -0.3 is 13.6 Å². The molecule has 0 bridgehead atoms. The van der Waals surface area contributed by atoms with Crippen LogP contribution in [0, 0.1) is 5.92 Å². The first-order valence-electron chi connectivity index (χ1n) is 13.6. The highest BCUT2D eigenvalue weighted by Crippen LogP contribution is 2.16. The van der Waals surface area contributed by atoms with Crippen molar-refractivity contribution in [1.82, 2.24) is 0 Å². The van der Waals surface area contributed by atoms with Gasteiger partial charge in [-0.2, -0.15) is 0 Å². The number of hydrogen-bond acceptors (Lipinski definition) is 3. The van der Waals surface area contributed by atoms with E-state index in [-0.39, 0.29) is 0 Å². The van der Waals surface area contributed by atoms with Crippen LogP contribution in [0.4, 0.5) is 0 Å². The summed E-state index contributed by atoms with van der Waals surface area (Å²) in [6.07, 6.45) is 13.9. The minimum absolute atomic E-state index is 0.565. The Kier molecular flexibility index (Phi) is 15.1. The van der Waals surface area contributed by atoms with Crippen molar-refractivity contribution in [2.24, 2.45) is 5.92 Å². The summed E-state index contributed by atoms with van der Waals surface area (Å²) in [5.74, 6) is 0.565. The van der Waals surface area contributed by atoms with E-state index in [4.69, 9.17) is 13.6 Å². The van der Waals surface area contributed by atoms with Gasteiger partial charge in [-0.3, -0.25) is 0 Å². The van der Waals surface area contributed by atoms with Gasteiger partial charge in [0.15, 0.2) is 0 Å². The highest BCUT2D eigenvalue weighted by atomic mass is 28.4. The zero-order valence-electron chi connectivity index (χ0n) is 22.0. The van der Waals surface area contributed by atoms with Gasteiger partial charge in [-0.1, -0.05) is 126 Å². The average molecular weight is 485 g/mol. The van der Waals surface area contributed by atoms with Gasteiger partial charge in [0.05, 0.1) is 0 Å². The summed E-state index contributed by atoms with van der Waals surface area (Å²) in [4.78, 5) is 0. The lowest BCUT2D eigenvalue weighted by Gasteiger charge is -2.32. The molecule has 0 saturated carbocycles. The van der Waals surface area contributed by atoms with Gasteiger partial charge in [0.1, 0.15) is 0 Å². The third-order valence-electron chi connectivity index (χ3n) is 6.59. The average Bonchev–Trinajstić information content (AvgIpc) is 2.88. The van der Waals surface area contributed by atoms with Crippen LogP contribution in [0.25, 0.3) is 0 Å². The normalized spacial score (nSPS) is 12.7. The summed E-state index contributed by atoms with van der Waals surface area (Å²) in [5.41, 5.74) is 0. The topological polar surface area (TPSA) is 27.7 Å². The van der Waals surface area contributed by atoms with E-state index in [1.165, 1.54) is 61.7 Å².